The predicted molar refractivity (Wildman–Crippen MR) is 59.0 cm³/mol. The number of nitrogens with one attached hydrogen (secondary N) is 1. The minimum Gasteiger partial charge on any atom is -0.368 e. The molecule has 0 aromatic carbocycles. The Morgan fingerprint density at radius 2 is 2.24 bits per heavy atom. The van der Waals surface area contributed by atoms with Crippen LogP contribution in [0.5, 0.6) is 0 Å². The molecule has 0 aliphatic carbocycles. The summed E-state index contributed by atoms with van der Waals surface area (Å²) < 4.78 is 1.42. The normalized spacial score (nSPS) is 10.1. The van der Waals surface area contributed by atoms with Gasteiger partial charge in [0.2, 0.25) is 17.8 Å². The number of amides is 1. The van der Waals surface area contributed by atoms with E-state index >= 15 is 0 Å². The van der Waals surface area contributed by atoms with E-state index in [4.69, 9.17) is 11.5 Å². The lowest BCUT2D eigenvalue weighted by Crippen LogP contribution is -2.23. The Morgan fingerprint density at radius 3 is 2.88 bits per heavy atom. The van der Waals surface area contributed by atoms with Crippen LogP contribution in [0.2, 0.25) is 0 Å². The van der Waals surface area contributed by atoms with Gasteiger partial charge in [-0.05, 0) is 6.07 Å². The molecule has 0 unspecified atom stereocenters. The fourth-order valence-electron chi connectivity index (χ4n) is 1.12. The van der Waals surface area contributed by atoms with Crippen LogP contribution in [-0.4, -0.2) is 37.2 Å². The number of nitrogens with zero attached hydrogens (tertiary/aromatic N) is 5. The van der Waals surface area contributed by atoms with Crippen LogP contribution in [-0.2, 0) is 4.79 Å². The molecule has 0 aliphatic heterocycles. The smallest absolute Gasteiger partial charge is 0.257 e. The van der Waals surface area contributed by atoms with E-state index < -0.39 is 5.91 Å². The molecule has 1 amide bonds. The number of nitrogens with two attached hydrogens (primary N) is 2. The van der Waals surface area contributed by atoms with Gasteiger partial charge in [-0.25, -0.2) is 4.68 Å². The van der Waals surface area contributed by atoms with E-state index in [0.717, 1.165) is 0 Å². The first kappa shape index (κ1) is 10.8. The molecule has 0 radical (unpaired) electrons. The Labute approximate surface area is 95.9 Å². The highest BCUT2D eigenvalue weighted by Crippen LogP contribution is 2.05. The first-order chi connectivity index (χ1) is 8.15. The van der Waals surface area contributed by atoms with Gasteiger partial charge in [0.15, 0.2) is 0 Å². The number of hydrogen-bond donors (Lipinski definition) is 3. The number of primary amides is 1. The third kappa shape index (κ3) is 2.65. The van der Waals surface area contributed by atoms with Crippen molar-refractivity contribution in [2.24, 2.45) is 5.73 Å². The van der Waals surface area contributed by atoms with Crippen LogP contribution < -0.4 is 16.8 Å². The molecule has 88 valence electrons. The number of hydrogen-bond acceptors (Lipinski definition) is 7. The standard InChI is InChI=1S/C8H10N8O/c9-5(17)4-11-7-13-6(10)14-8(15-7)16-3-1-2-12-16/h1-3H,4H2,(H2,9,17)(H3,10,11,13,14,15). The molecule has 0 atom stereocenters. The van der Waals surface area contributed by atoms with Gasteiger partial charge in [-0.2, -0.15) is 20.1 Å². The third-order valence-electron chi connectivity index (χ3n) is 1.77. The fraction of sp³-hybridized carbons (Fsp3) is 0.125. The zero-order valence-corrected chi connectivity index (χ0v) is 8.74. The van der Waals surface area contributed by atoms with Crippen LogP contribution in [0.4, 0.5) is 11.9 Å². The number of carbonyl (C=O) groups is 1. The van der Waals surface area contributed by atoms with Gasteiger partial charge in [-0.3, -0.25) is 4.79 Å². The molecule has 9 heteroatoms. The number of rotatable bonds is 4. The summed E-state index contributed by atoms with van der Waals surface area (Å²) in [4.78, 5) is 22.4. The van der Waals surface area contributed by atoms with Crippen molar-refractivity contribution in [3.8, 4) is 5.95 Å². The molecular formula is C8H10N8O. The summed E-state index contributed by atoms with van der Waals surface area (Å²) in [6.07, 6.45) is 3.24. The van der Waals surface area contributed by atoms with E-state index in [-0.39, 0.29) is 24.4 Å². The van der Waals surface area contributed by atoms with Gasteiger partial charge in [0.25, 0.3) is 5.95 Å². The second-order valence-electron chi connectivity index (χ2n) is 3.09. The van der Waals surface area contributed by atoms with Gasteiger partial charge in [0.1, 0.15) is 0 Å². The van der Waals surface area contributed by atoms with E-state index in [9.17, 15) is 4.79 Å². The molecule has 0 fully saturated rings. The third-order valence-corrected chi connectivity index (χ3v) is 1.77. The van der Waals surface area contributed by atoms with Crippen molar-refractivity contribution in [3.05, 3.63) is 18.5 Å². The Morgan fingerprint density at radius 1 is 1.41 bits per heavy atom. The minimum atomic E-state index is -0.523. The second kappa shape index (κ2) is 4.43. The number of aromatic nitrogens is 5. The molecule has 17 heavy (non-hydrogen) atoms. The monoisotopic (exact) mass is 234 g/mol. The zero-order chi connectivity index (χ0) is 12.3. The Hall–Kier alpha value is -2.71. The summed E-state index contributed by atoms with van der Waals surface area (Å²) in [5.41, 5.74) is 10.5. The highest BCUT2D eigenvalue weighted by Gasteiger charge is 2.06. The van der Waals surface area contributed by atoms with Crippen molar-refractivity contribution in [1.82, 2.24) is 24.7 Å². The maximum absolute atomic E-state index is 10.6. The fourth-order valence-corrected chi connectivity index (χ4v) is 1.12. The summed E-state index contributed by atoms with van der Waals surface area (Å²) in [6, 6.07) is 1.72. The number of carbonyl (C=O) groups excluding carboxylic acids is 1. The topological polar surface area (TPSA) is 138 Å². The van der Waals surface area contributed by atoms with Gasteiger partial charge in [-0.1, -0.05) is 0 Å². The van der Waals surface area contributed by atoms with Crippen LogP contribution in [0.15, 0.2) is 18.5 Å². The van der Waals surface area contributed by atoms with Crippen molar-refractivity contribution in [1.29, 1.82) is 0 Å². The zero-order valence-electron chi connectivity index (χ0n) is 8.74. The molecule has 0 saturated heterocycles. The molecule has 0 spiro atoms. The molecule has 2 aromatic rings. The molecule has 2 rings (SSSR count). The first-order valence-electron chi connectivity index (χ1n) is 4.69. The van der Waals surface area contributed by atoms with Gasteiger partial charge in [-0.15, -0.1) is 0 Å². The van der Waals surface area contributed by atoms with Crippen molar-refractivity contribution < 1.29 is 4.79 Å². The lowest BCUT2D eigenvalue weighted by molar-refractivity contribution is -0.116. The lowest BCUT2D eigenvalue weighted by atomic mass is 10.6. The van der Waals surface area contributed by atoms with Crippen LogP contribution in [0, 0.1) is 0 Å². The van der Waals surface area contributed by atoms with E-state index in [1.54, 1.807) is 18.5 Å². The Kier molecular flexibility index (Phi) is 2.81. The summed E-state index contributed by atoms with van der Waals surface area (Å²) in [5, 5.41) is 6.58. The van der Waals surface area contributed by atoms with Crippen LogP contribution >= 0.6 is 0 Å². The van der Waals surface area contributed by atoms with Crippen molar-refractivity contribution >= 4 is 17.8 Å². The summed E-state index contributed by atoms with van der Waals surface area (Å²) in [7, 11) is 0. The van der Waals surface area contributed by atoms with Gasteiger partial charge < -0.3 is 16.8 Å². The van der Waals surface area contributed by atoms with E-state index in [0.29, 0.717) is 0 Å². The summed E-state index contributed by atoms with van der Waals surface area (Å²) in [6.45, 7) is -0.0813. The average Bonchev–Trinajstić information content (AvgIpc) is 2.79. The molecule has 2 heterocycles. The summed E-state index contributed by atoms with van der Waals surface area (Å²) in [5.74, 6) is -0.0710. The first-order valence-corrected chi connectivity index (χ1v) is 4.69. The lowest BCUT2D eigenvalue weighted by Gasteiger charge is -2.05. The molecule has 0 aliphatic rings. The Balaban J connectivity index is 2.26. The molecule has 0 saturated carbocycles. The SMILES string of the molecule is NC(=O)CNc1nc(N)nc(-n2cccn2)n1. The molecular weight excluding hydrogens is 224 g/mol. The van der Waals surface area contributed by atoms with Crippen molar-refractivity contribution in [2.45, 2.75) is 0 Å². The average molecular weight is 234 g/mol. The maximum atomic E-state index is 10.6. The van der Waals surface area contributed by atoms with Gasteiger partial charge in [0.05, 0.1) is 6.54 Å². The molecule has 5 N–H and O–H groups in total. The maximum Gasteiger partial charge on any atom is 0.257 e. The molecule has 2 aromatic heterocycles. The molecule has 9 nitrogen and oxygen atoms in total. The van der Waals surface area contributed by atoms with Crippen LogP contribution in [0.1, 0.15) is 0 Å². The van der Waals surface area contributed by atoms with E-state index in [1.807, 2.05) is 0 Å². The predicted octanol–water partition coefficient (Wildman–Crippen LogP) is -1.46. The van der Waals surface area contributed by atoms with E-state index in [2.05, 4.69) is 25.4 Å². The number of anilines is 2. The quantitative estimate of drug-likeness (QED) is 0.587. The van der Waals surface area contributed by atoms with E-state index in [1.165, 1.54) is 4.68 Å². The Bertz CT molecular complexity index is 522. The number of nitrogen functional groups attached to an aromatic ring is 1. The van der Waals surface area contributed by atoms with Crippen LogP contribution in [0.3, 0.4) is 0 Å². The van der Waals surface area contributed by atoms with Crippen LogP contribution in [0.25, 0.3) is 5.95 Å². The summed E-state index contributed by atoms with van der Waals surface area (Å²) >= 11 is 0. The molecule has 0 bridgehead atoms. The highest BCUT2D eigenvalue weighted by atomic mass is 16.1. The van der Waals surface area contributed by atoms with Crippen molar-refractivity contribution in [2.75, 3.05) is 17.6 Å². The van der Waals surface area contributed by atoms with Gasteiger partial charge in [0, 0.05) is 12.4 Å². The van der Waals surface area contributed by atoms with Gasteiger partial charge >= 0.3 is 0 Å². The highest BCUT2D eigenvalue weighted by molar-refractivity contribution is 5.78. The second-order valence-corrected chi connectivity index (χ2v) is 3.09. The largest absolute Gasteiger partial charge is 0.368 e. The minimum absolute atomic E-state index is 0.0254. The van der Waals surface area contributed by atoms with Crippen molar-refractivity contribution in [3.63, 3.8) is 0 Å².